The molecule has 4 unspecified atom stereocenters. The molecule has 0 aliphatic carbocycles. The van der Waals surface area contributed by atoms with Crippen LogP contribution in [0.1, 0.15) is 89.8 Å². The smallest absolute Gasteiger partial charge is 0.338 e. The minimum absolute atomic E-state index is 0.0980. The first-order valence-corrected chi connectivity index (χ1v) is 30.8. The van der Waals surface area contributed by atoms with Gasteiger partial charge in [0.2, 0.25) is 0 Å². The number of carbonyl (C=O) groups is 6. The number of rotatable bonds is 20. The lowest BCUT2D eigenvalue weighted by Crippen LogP contribution is -2.69. The highest BCUT2D eigenvalue weighted by molar-refractivity contribution is 6.99. The highest BCUT2D eigenvalue weighted by Gasteiger charge is 2.58. The molecule has 10 rings (SSSR count). The summed E-state index contributed by atoms with van der Waals surface area (Å²) >= 11 is 0. The normalized spacial score (nSPS) is 21.8. The molecule has 2 aliphatic rings. The monoisotopic (exact) mass is 1200 g/mol. The number of hydrogen-bond donors (Lipinski definition) is 0. The number of esters is 6. The summed E-state index contributed by atoms with van der Waals surface area (Å²) in [5.41, 5.74) is 0.797. The van der Waals surface area contributed by atoms with E-state index in [4.69, 9.17) is 47.1 Å². The molecule has 0 amide bonds. The number of ether oxygens (including phenoxy) is 9. The summed E-state index contributed by atoms with van der Waals surface area (Å²) in [5, 5.41) is 1.23. The summed E-state index contributed by atoms with van der Waals surface area (Å²) in [6, 6.07) is 68.3. The van der Waals surface area contributed by atoms with Crippen molar-refractivity contribution in [3.05, 3.63) is 276 Å². The Morgan fingerprint density at radius 2 is 0.602 bits per heavy atom. The Kier molecular flexibility index (Phi) is 19.9. The molecule has 0 bridgehead atoms. The van der Waals surface area contributed by atoms with Gasteiger partial charge in [0.05, 0.1) is 52.7 Å². The van der Waals surface area contributed by atoms with Crippen molar-refractivity contribution < 1.29 is 75.8 Å². The second-order valence-electron chi connectivity index (χ2n) is 22.1. The van der Waals surface area contributed by atoms with Crippen molar-refractivity contribution in [1.82, 2.24) is 0 Å². The van der Waals surface area contributed by atoms with Gasteiger partial charge in [0, 0.05) is 0 Å². The molecule has 2 heterocycles. The first-order valence-electron chi connectivity index (χ1n) is 28.9. The molecule has 2 aliphatic heterocycles. The third kappa shape index (κ3) is 14.4. The SMILES string of the molecule is C[C@@H]1OC(CO[C@@H]2OC(CO[Si](c3ccccc3)(c3ccccc3)C(C)(C)C)[C@H](OC(=O)c3ccccc3)C(OC(=O)c3ccccc3)[C@H]2OC(=O)c2ccccc2)[C@H](OC(=O)c2ccccc2)C(OC(=O)c2ccccc2)[C@H]1OC(=O)c1ccccc1. The lowest BCUT2D eigenvalue weighted by atomic mass is 9.94. The lowest BCUT2D eigenvalue weighted by Gasteiger charge is -2.48. The lowest BCUT2D eigenvalue weighted by molar-refractivity contribution is -0.310. The van der Waals surface area contributed by atoms with Gasteiger partial charge in [-0.2, -0.15) is 0 Å². The van der Waals surface area contributed by atoms with Crippen molar-refractivity contribution in [2.75, 3.05) is 13.2 Å². The van der Waals surface area contributed by atoms with Crippen LogP contribution < -0.4 is 10.4 Å². The molecule has 10 atom stereocenters. The van der Waals surface area contributed by atoms with E-state index >= 15 is 0 Å². The molecule has 2 fully saturated rings. The van der Waals surface area contributed by atoms with Crippen LogP contribution in [0.3, 0.4) is 0 Å². The fraction of sp³-hybridized carbons (Fsp3) is 0.239. The van der Waals surface area contributed by atoms with E-state index in [1.165, 1.54) is 36.4 Å². The van der Waals surface area contributed by atoms with Gasteiger partial charge < -0.3 is 47.1 Å². The van der Waals surface area contributed by atoms with Crippen LogP contribution in [0.5, 0.6) is 0 Å². The van der Waals surface area contributed by atoms with E-state index in [9.17, 15) is 28.8 Å². The molecular formula is C71H66O16Si. The maximum absolute atomic E-state index is 14.7. The van der Waals surface area contributed by atoms with Gasteiger partial charge in [0.25, 0.3) is 8.32 Å². The van der Waals surface area contributed by atoms with Crippen LogP contribution in [-0.4, -0.2) is 119 Å². The zero-order valence-corrected chi connectivity index (χ0v) is 49.8. The Bertz CT molecular complexity index is 3560. The minimum atomic E-state index is -3.47. The molecule has 88 heavy (non-hydrogen) atoms. The Balaban J connectivity index is 1.10. The summed E-state index contributed by atoms with van der Waals surface area (Å²) < 4.78 is 66.5. The average Bonchev–Trinajstić information content (AvgIpc) is 1.23. The van der Waals surface area contributed by atoms with Crippen LogP contribution in [0.15, 0.2) is 243 Å². The molecule has 2 saturated heterocycles. The predicted octanol–water partition coefficient (Wildman–Crippen LogP) is 10.4. The van der Waals surface area contributed by atoms with Crippen molar-refractivity contribution >= 4 is 54.5 Å². The van der Waals surface area contributed by atoms with Crippen LogP contribution in [0.4, 0.5) is 0 Å². The van der Waals surface area contributed by atoms with E-state index in [2.05, 4.69) is 20.8 Å². The Hall–Kier alpha value is -9.36. The first-order chi connectivity index (χ1) is 42.7. The molecule has 0 aromatic heterocycles. The van der Waals surface area contributed by atoms with Crippen LogP contribution >= 0.6 is 0 Å². The Morgan fingerprint density at radius 3 is 0.920 bits per heavy atom. The van der Waals surface area contributed by atoms with Gasteiger partial charge in [-0.25, -0.2) is 28.8 Å². The van der Waals surface area contributed by atoms with Gasteiger partial charge in [0.15, 0.2) is 42.9 Å². The third-order valence-corrected chi connectivity index (χ3v) is 20.3. The van der Waals surface area contributed by atoms with Gasteiger partial charge in [-0.1, -0.05) is 191 Å². The second kappa shape index (κ2) is 28.4. The quantitative estimate of drug-likeness (QED) is 0.0397. The van der Waals surface area contributed by atoms with Crippen LogP contribution in [0.25, 0.3) is 0 Å². The summed E-state index contributed by atoms with van der Waals surface area (Å²) in [6.45, 7) is 6.93. The zero-order valence-electron chi connectivity index (χ0n) is 48.8. The van der Waals surface area contributed by atoms with Crippen LogP contribution in [0, 0.1) is 0 Å². The molecule has 16 nitrogen and oxygen atoms in total. The maximum atomic E-state index is 14.7. The van der Waals surface area contributed by atoms with Crippen molar-refractivity contribution in [3.63, 3.8) is 0 Å². The summed E-state index contributed by atoms with van der Waals surface area (Å²) in [5.74, 6) is -5.09. The second-order valence-corrected chi connectivity index (χ2v) is 26.5. The topological polar surface area (TPSA) is 195 Å². The highest BCUT2D eigenvalue weighted by Crippen LogP contribution is 2.39. The summed E-state index contributed by atoms with van der Waals surface area (Å²) in [7, 11) is -3.47. The van der Waals surface area contributed by atoms with E-state index < -0.39 is 117 Å². The predicted molar refractivity (Wildman–Crippen MR) is 326 cm³/mol. The standard InChI is InChI=1S/C71H66O16Si/c1-47-58(82-64(72)48-29-13-5-14-30-48)61(85-67(75)51-35-19-8-20-36-51)59(83-65(73)49-31-15-6-16-32-49)56(80-47)45-78-70-63(87-69(77)53-39-23-10-24-40-53)62(86-68(76)52-37-21-9-22-38-52)60(84-66(74)50-33-17-7-18-34-50)57(81-70)46-79-88(71(2,3)4,54-41-25-11-26-42-54)55-43-27-12-28-44-55/h5-44,47,56-63,70H,45-46H2,1-4H3/t47-,56?,57?,58-,59-,60-,61?,62?,63+,70+/m0/s1. The fourth-order valence-corrected chi connectivity index (χ4v) is 15.5. The Labute approximate surface area is 511 Å². The van der Waals surface area contributed by atoms with Gasteiger partial charge >= 0.3 is 35.8 Å². The van der Waals surface area contributed by atoms with E-state index in [0.717, 1.165) is 10.4 Å². The Morgan fingerprint density at radius 1 is 0.341 bits per heavy atom. The van der Waals surface area contributed by atoms with Crippen molar-refractivity contribution in [2.45, 2.75) is 94.0 Å². The highest BCUT2D eigenvalue weighted by atomic mass is 28.4. The van der Waals surface area contributed by atoms with Crippen molar-refractivity contribution in [3.8, 4) is 0 Å². The molecule has 0 N–H and O–H groups in total. The maximum Gasteiger partial charge on any atom is 0.338 e. The molecule has 0 saturated carbocycles. The van der Waals surface area contributed by atoms with Crippen molar-refractivity contribution in [2.24, 2.45) is 0 Å². The molecule has 8 aromatic carbocycles. The summed E-state index contributed by atoms with van der Waals surface area (Å²) in [6.07, 6.45) is -15.3. The third-order valence-electron chi connectivity index (χ3n) is 15.3. The molecule has 8 aromatic rings. The van der Waals surface area contributed by atoms with Gasteiger partial charge in [0.1, 0.15) is 12.2 Å². The summed E-state index contributed by atoms with van der Waals surface area (Å²) in [4.78, 5) is 86.7. The van der Waals surface area contributed by atoms with E-state index in [0.29, 0.717) is 0 Å². The first kappa shape index (κ1) is 61.7. The van der Waals surface area contributed by atoms with E-state index in [1.54, 1.807) is 153 Å². The van der Waals surface area contributed by atoms with Crippen LogP contribution in [0.2, 0.25) is 5.04 Å². The molecular weight excluding hydrogens is 1140 g/mol. The van der Waals surface area contributed by atoms with Gasteiger partial charge in [-0.15, -0.1) is 0 Å². The van der Waals surface area contributed by atoms with E-state index in [-0.39, 0.29) is 40.0 Å². The van der Waals surface area contributed by atoms with Crippen LogP contribution in [-0.2, 0) is 47.1 Å². The molecule has 0 spiro atoms. The van der Waals surface area contributed by atoms with Gasteiger partial charge in [-0.05, 0) is 95.1 Å². The molecule has 450 valence electrons. The number of hydrogen-bond acceptors (Lipinski definition) is 16. The fourth-order valence-electron chi connectivity index (χ4n) is 11.0. The largest absolute Gasteiger partial charge is 0.452 e. The van der Waals surface area contributed by atoms with Gasteiger partial charge in [-0.3, -0.25) is 0 Å². The molecule has 0 radical (unpaired) electrons. The number of benzene rings is 8. The van der Waals surface area contributed by atoms with E-state index in [1.807, 2.05) is 60.7 Å². The van der Waals surface area contributed by atoms with Crippen molar-refractivity contribution in [1.29, 1.82) is 0 Å². The minimum Gasteiger partial charge on any atom is -0.452 e. The number of carbonyl (C=O) groups excluding carboxylic acids is 6. The average molecular weight is 1200 g/mol. The zero-order chi connectivity index (χ0) is 61.6. The molecule has 17 heteroatoms.